The zero-order valence-corrected chi connectivity index (χ0v) is 16.1. The van der Waals surface area contributed by atoms with Crippen molar-refractivity contribution in [2.24, 2.45) is 0 Å². The molecular formula is C20H28BN4+. The molecule has 0 unspecified atom stereocenters. The summed E-state index contributed by atoms with van der Waals surface area (Å²) in [6, 6.07) is 6.79. The second-order valence-corrected chi connectivity index (χ2v) is 9.27. The van der Waals surface area contributed by atoms with Crippen molar-refractivity contribution in [1.29, 1.82) is 0 Å². The Morgan fingerprint density at radius 2 is 1.80 bits per heavy atom. The lowest BCUT2D eigenvalue weighted by Gasteiger charge is -2.55. The zero-order valence-electron chi connectivity index (χ0n) is 16.1. The van der Waals surface area contributed by atoms with E-state index in [4.69, 9.17) is 0 Å². The first-order valence-corrected chi connectivity index (χ1v) is 9.56. The summed E-state index contributed by atoms with van der Waals surface area (Å²) < 4.78 is 4.92. The summed E-state index contributed by atoms with van der Waals surface area (Å²) >= 11 is 0. The summed E-state index contributed by atoms with van der Waals surface area (Å²) in [5.74, 6) is 1.38. The molecule has 4 nitrogen and oxygen atoms in total. The molecule has 0 bridgehead atoms. The highest BCUT2D eigenvalue weighted by Gasteiger charge is 2.57. The Hall–Kier alpha value is -1.75. The Morgan fingerprint density at radius 3 is 2.52 bits per heavy atom. The lowest BCUT2D eigenvalue weighted by atomic mass is 9.67. The SMILES string of the molecule is CN1B(N2C(C)(C)CCCC2(C)C)[n+]2ccn3c2-c2c(cccc21)C3. The Balaban J connectivity index is 1.74. The Bertz CT molecular complexity index is 851. The molecule has 0 atom stereocenters. The predicted octanol–water partition coefficient (Wildman–Crippen LogP) is 3.13. The maximum atomic E-state index is 2.76. The van der Waals surface area contributed by atoms with Crippen LogP contribution in [0.1, 0.15) is 52.5 Å². The van der Waals surface area contributed by atoms with Gasteiger partial charge in [-0.05, 0) is 60.1 Å². The minimum Gasteiger partial charge on any atom is -0.361 e. The van der Waals surface area contributed by atoms with Gasteiger partial charge in [-0.3, -0.25) is 9.29 Å². The Kier molecular flexibility index (Phi) is 2.91. The average molecular weight is 335 g/mol. The zero-order chi connectivity index (χ0) is 17.6. The first kappa shape index (κ1) is 15.5. The van der Waals surface area contributed by atoms with Crippen molar-refractivity contribution in [1.82, 2.24) is 9.38 Å². The van der Waals surface area contributed by atoms with Gasteiger partial charge in [0.15, 0.2) is 0 Å². The molecule has 0 N–H and O–H groups in total. The van der Waals surface area contributed by atoms with E-state index in [2.05, 4.69) is 84.0 Å². The van der Waals surface area contributed by atoms with Gasteiger partial charge >= 0.3 is 7.12 Å². The molecule has 0 spiro atoms. The molecule has 0 saturated carbocycles. The Morgan fingerprint density at radius 1 is 1.08 bits per heavy atom. The van der Waals surface area contributed by atoms with Gasteiger partial charge in [0.2, 0.25) is 0 Å². The molecule has 1 saturated heterocycles. The van der Waals surface area contributed by atoms with Crippen molar-refractivity contribution in [2.75, 3.05) is 11.9 Å². The standard InChI is InChI=1S/C20H28BN4/c1-19(2)10-7-11-20(3,4)25(19)21-22(5)16-9-6-8-15-14-23-12-13-24(21)18(23)17(15)16/h6,8-9,12-13H,7,10-11,14H2,1-5H3/q+1. The molecule has 5 rings (SSSR count). The van der Waals surface area contributed by atoms with E-state index in [1.807, 2.05) is 0 Å². The van der Waals surface area contributed by atoms with Crippen LogP contribution in [0, 0.1) is 0 Å². The molecule has 1 fully saturated rings. The fourth-order valence-electron chi connectivity index (χ4n) is 5.73. The summed E-state index contributed by atoms with van der Waals surface area (Å²) in [4.78, 5) is 5.26. The molecule has 130 valence electrons. The van der Waals surface area contributed by atoms with E-state index in [9.17, 15) is 0 Å². The molecule has 3 aliphatic rings. The number of nitrogens with zero attached hydrogens (tertiary/aromatic N) is 4. The van der Waals surface area contributed by atoms with E-state index < -0.39 is 0 Å². The van der Waals surface area contributed by atoms with E-state index in [1.54, 1.807) is 0 Å². The quantitative estimate of drug-likeness (QED) is 0.635. The Labute approximate surface area is 151 Å². The fraction of sp³-hybridized carbons (Fsp3) is 0.550. The van der Waals surface area contributed by atoms with Crippen LogP contribution >= 0.6 is 0 Å². The van der Waals surface area contributed by atoms with E-state index in [-0.39, 0.29) is 18.2 Å². The number of aromatic nitrogens is 2. The molecule has 3 aliphatic heterocycles. The number of hydrogen-bond donors (Lipinski definition) is 0. The lowest BCUT2D eigenvalue weighted by Crippen LogP contribution is -2.80. The first-order chi connectivity index (χ1) is 11.8. The smallest absolute Gasteiger partial charge is 0.361 e. The predicted molar refractivity (Wildman–Crippen MR) is 103 cm³/mol. The van der Waals surface area contributed by atoms with Gasteiger partial charge in [0, 0.05) is 22.3 Å². The van der Waals surface area contributed by atoms with Crippen LogP contribution in [0.3, 0.4) is 0 Å². The van der Waals surface area contributed by atoms with Gasteiger partial charge in [-0.2, -0.15) is 0 Å². The molecule has 5 heteroatoms. The molecule has 1 aromatic carbocycles. The monoisotopic (exact) mass is 335 g/mol. The highest BCUT2D eigenvalue weighted by atomic mass is 15.4. The molecule has 0 amide bonds. The van der Waals surface area contributed by atoms with Crippen molar-refractivity contribution in [3.05, 3.63) is 36.2 Å². The van der Waals surface area contributed by atoms with Crippen LogP contribution in [-0.4, -0.2) is 34.6 Å². The summed E-state index contributed by atoms with van der Waals surface area (Å²) in [7, 11) is 2.49. The van der Waals surface area contributed by atoms with Gasteiger partial charge in [-0.25, -0.2) is 4.57 Å². The summed E-state index contributed by atoms with van der Waals surface area (Å²) in [5, 5.41) is 0. The lowest BCUT2D eigenvalue weighted by molar-refractivity contribution is -0.536. The van der Waals surface area contributed by atoms with Crippen LogP contribution in [-0.2, 0) is 6.54 Å². The number of hydrogen-bond acceptors (Lipinski definition) is 2. The van der Waals surface area contributed by atoms with Crippen molar-refractivity contribution < 1.29 is 4.48 Å². The highest BCUT2D eigenvalue weighted by molar-refractivity contribution is 6.53. The number of benzene rings is 1. The third-order valence-electron chi connectivity index (χ3n) is 6.70. The van der Waals surface area contributed by atoms with Crippen LogP contribution in [0.4, 0.5) is 5.69 Å². The maximum absolute atomic E-state index is 2.76. The molecule has 0 aliphatic carbocycles. The fourth-order valence-corrected chi connectivity index (χ4v) is 5.73. The van der Waals surface area contributed by atoms with Crippen molar-refractivity contribution in [3.8, 4) is 11.4 Å². The minimum atomic E-state index is 0.177. The number of anilines is 1. The third kappa shape index (κ3) is 1.90. The average Bonchev–Trinajstić information content (AvgIpc) is 3.08. The molecule has 1 aromatic heterocycles. The van der Waals surface area contributed by atoms with Crippen LogP contribution < -0.4 is 9.29 Å². The number of rotatable bonds is 1. The van der Waals surface area contributed by atoms with E-state index in [0.29, 0.717) is 0 Å². The third-order valence-corrected chi connectivity index (χ3v) is 6.70. The van der Waals surface area contributed by atoms with Gasteiger partial charge in [-0.1, -0.05) is 12.1 Å². The second-order valence-electron chi connectivity index (χ2n) is 9.27. The van der Waals surface area contributed by atoms with Gasteiger partial charge in [0.25, 0.3) is 5.82 Å². The van der Waals surface area contributed by atoms with E-state index in [1.165, 1.54) is 41.9 Å². The summed E-state index contributed by atoms with van der Waals surface area (Å²) in [5.41, 5.74) is 4.60. The summed E-state index contributed by atoms with van der Waals surface area (Å²) in [6.07, 6.45) is 8.37. The van der Waals surface area contributed by atoms with Crippen LogP contribution in [0.5, 0.6) is 0 Å². The van der Waals surface area contributed by atoms with Crippen molar-refractivity contribution in [3.63, 3.8) is 0 Å². The molecule has 0 radical (unpaired) electrons. The topological polar surface area (TPSA) is 15.3 Å². The van der Waals surface area contributed by atoms with E-state index in [0.717, 1.165) is 6.54 Å². The normalized spacial score (nSPS) is 23.1. The second kappa shape index (κ2) is 4.70. The van der Waals surface area contributed by atoms with Gasteiger partial charge in [0.1, 0.15) is 18.9 Å². The van der Waals surface area contributed by atoms with Crippen LogP contribution in [0.15, 0.2) is 30.6 Å². The molecular weight excluding hydrogens is 307 g/mol. The van der Waals surface area contributed by atoms with Crippen LogP contribution in [0.2, 0.25) is 0 Å². The summed E-state index contributed by atoms with van der Waals surface area (Å²) in [6.45, 7) is 10.7. The molecule has 25 heavy (non-hydrogen) atoms. The van der Waals surface area contributed by atoms with Gasteiger partial charge in [0.05, 0.1) is 5.56 Å². The molecule has 2 aromatic rings. The highest BCUT2D eigenvalue weighted by Crippen LogP contribution is 2.44. The number of imidazole rings is 1. The first-order valence-electron chi connectivity index (χ1n) is 9.56. The van der Waals surface area contributed by atoms with Crippen LogP contribution in [0.25, 0.3) is 11.4 Å². The van der Waals surface area contributed by atoms with Gasteiger partial charge in [-0.15, -0.1) is 0 Å². The molecule has 4 heterocycles. The van der Waals surface area contributed by atoms with Crippen molar-refractivity contribution >= 4 is 12.8 Å². The van der Waals surface area contributed by atoms with Gasteiger partial charge < -0.3 is 4.81 Å². The van der Waals surface area contributed by atoms with Crippen molar-refractivity contribution in [2.45, 2.75) is 64.6 Å². The largest absolute Gasteiger partial charge is 0.600 e. The maximum Gasteiger partial charge on any atom is 0.600 e. The number of piperidine rings is 1. The van der Waals surface area contributed by atoms with E-state index >= 15 is 0 Å². The minimum absolute atomic E-state index is 0.177.